The van der Waals surface area contributed by atoms with Crippen molar-refractivity contribution in [3.8, 4) is 0 Å². The smallest absolute Gasteiger partial charge is 0.229 e. The quantitative estimate of drug-likeness (QED) is 0.661. The second-order valence-corrected chi connectivity index (χ2v) is 7.06. The molecule has 0 saturated carbocycles. The monoisotopic (exact) mass is 406 g/mol. The highest BCUT2D eigenvalue weighted by molar-refractivity contribution is 9.10. The molecule has 7 nitrogen and oxygen atoms in total. The van der Waals surface area contributed by atoms with Crippen LogP contribution in [0.1, 0.15) is 12.8 Å². The van der Waals surface area contributed by atoms with E-state index < -0.39 is 6.35 Å². The molecule has 1 unspecified atom stereocenters. The van der Waals surface area contributed by atoms with E-state index in [1.807, 2.05) is 43.3 Å². The average molecular weight is 407 g/mol. The van der Waals surface area contributed by atoms with Crippen LogP contribution >= 0.6 is 15.9 Å². The Labute approximate surface area is 156 Å². The largest absolute Gasteiger partial charge is 0.369 e. The number of aliphatic hydroxyl groups is 1. The van der Waals surface area contributed by atoms with Gasteiger partial charge in [0.05, 0.1) is 4.47 Å². The summed E-state index contributed by atoms with van der Waals surface area (Å²) in [6.45, 7) is 1.56. The van der Waals surface area contributed by atoms with Gasteiger partial charge in [-0.3, -0.25) is 4.90 Å². The van der Waals surface area contributed by atoms with E-state index in [-0.39, 0.29) is 0 Å². The van der Waals surface area contributed by atoms with Crippen molar-refractivity contribution in [3.05, 3.63) is 34.9 Å². The maximum atomic E-state index is 10.6. The van der Waals surface area contributed by atoms with Gasteiger partial charge in [0.15, 0.2) is 6.35 Å². The summed E-state index contributed by atoms with van der Waals surface area (Å²) in [4.78, 5) is 12.6. The van der Waals surface area contributed by atoms with E-state index >= 15 is 0 Å². The normalized spacial score (nSPS) is 16.1. The zero-order valence-electron chi connectivity index (χ0n) is 14.4. The number of nitrogens with zero attached hydrogens (tertiary/aromatic N) is 4. The lowest BCUT2D eigenvalue weighted by Crippen LogP contribution is -2.45. The van der Waals surface area contributed by atoms with Gasteiger partial charge in [-0.25, -0.2) is 4.98 Å². The van der Waals surface area contributed by atoms with Crippen molar-refractivity contribution in [3.63, 3.8) is 0 Å². The Hall–Kier alpha value is -1.90. The molecule has 0 spiro atoms. The predicted molar refractivity (Wildman–Crippen MR) is 104 cm³/mol. The molecule has 1 aliphatic heterocycles. The molecule has 3 rings (SSSR count). The lowest BCUT2D eigenvalue weighted by atomic mass is 10.2. The first kappa shape index (κ1) is 17.9. The van der Waals surface area contributed by atoms with Gasteiger partial charge in [0.25, 0.3) is 0 Å². The van der Waals surface area contributed by atoms with Crippen molar-refractivity contribution in [1.29, 1.82) is 0 Å². The van der Waals surface area contributed by atoms with Crippen LogP contribution in [0.3, 0.4) is 0 Å². The van der Waals surface area contributed by atoms with Crippen LogP contribution in [0.4, 0.5) is 23.1 Å². The fraction of sp³-hybridized carbons (Fsp3) is 0.412. The summed E-state index contributed by atoms with van der Waals surface area (Å²) in [5.41, 5.74) is 1.83. The Bertz CT molecular complexity index is 726. The number of anilines is 4. The number of aliphatic hydroxyl groups excluding tert-OH is 1. The number of hydrogen-bond donors (Lipinski definition) is 3. The second-order valence-electron chi connectivity index (χ2n) is 6.20. The van der Waals surface area contributed by atoms with E-state index in [0.29, 0.717) is 5.95 Å². The maximum Gasteiger partial charge on any atom is 0.229 e. The number of rotatable bonds is 2. The van der Waals surface area contributed by atoms with E-state index in [1.165, 1.54) is 0 Å². The molecule has 1 aromatic carbocycles. The molecule has 25 heavy (non-hydrogen) atoms. The lowest BCUT2D eigenvalue weighted by Gasteiger charge is -2.34. The summed E-state index contributed by atoms with van der Waals surface area (Å²) < 4.78 is 0.839. The Balaban J connectivity index is 1.95. The third-order valence-corrected chi connectivity index (χ3v) is 4.62. The Morgan fingerprint density at radius 3 is 2.96 bits per heavy atom. The van der Waals surface area contributed by atoms with Crippen LogP contribution < -0.4 is 15.5 Å². The highest BCUT2D eigenvalue weighted by atomic mass is 79.9. The maximum absolute atomic E-state index is 10.6. The average Bonchev–Trinajstić information content (AvgIpc) is 2.60. The molecule has 3 N–H and O–H groups in total. The second kappa shape index (κ2) is 7.99. The summed E-state index contributed by atoms with van der Waals surface area (Å²) in [5, 5.41) is 17.1. The molecule has 0 radical (unpaired) electrons. The minimum Gasteiger partial charge on any atom is -0.369 e. The van der Waals surface area contributed by atoms with Gasteiger partial charge in [-0.1, -0.05) is 6.07 Å². The molecule has 0 amide bonds. The topological polar surface area (TPSA) is 76.6 Å². The van der Waals surface area contributed by atoms with Crippen LogP contribution in [-0.4, -0.2) is 53.5 Å². The van der Waals surface area contributed by atoms with Crippen molar-refractivity contribution < 1.29 is 5.11 Å². The fourth-order valence-electron chi connectivity index (χ4n) is 2.71. The van der Waals surface area contributed by atoms with Crippen LogP contribution in [0.2, 0.25) is 0 Å². The molecule has 134 valence electrons. The summed E-state index contributed by atoms with van der Waals surface area (Å²) in [7, 11) is 3.73. The van der Waals surface area contributed by atoms with E-state index in [1.54, 1.807) is 11.1 Å². The molecular weight excluding hydrogens is 384 g/mol. The van der Waals surface area contributed by atoms with E-state index in [9.17, 15) is 5.11 Å². The number of fused-ring (bicyclic) bond motifs is 4. The third-order valence-electron chi connectivity index (χ3n) is 4.04. The van der Waals surface area contributed by atoms with Gasteiger partial charge >= 0.3 is 0 Å². The van der Waals surface area contributed by atoms with Gasteiger partial charge in [0.1, 0.15) is 5.82 Å². The molecule has 4 bridgehead atoms. The molecule has 1 atom stereocenters. The van der Waals surface area contributed by atoms with Crippen LogP contribution in [0.15, 0.2) is 34.9 Å². The summed E-state index contributed by atoms with van der Waals surface area (Å²) in [6, 6.07) is 7.93. The van der Waals surface area contributed by atoms with E-state index in [4.69, 9.17) is 0 Å². The van der Waals surface area contributed by atoms with Gasteiger partial charge in [-0.15, -0.1) is 0 Å². The van der Waals surface area contributed by atoms with E-state index in [0.717, 1.165) is 47.6 Å². The Morgan fingerprint density at radius 2 is 2.16 bits per heavy atom. The first-order chi connectivity index (χ1) is 12.0. The standard InChI is InChI=1S/C17H23BrN6O/c1-23(2)17(25)24-9-4-3-8-19-15-14(18)11-20-16(22-15)21-12-6-5-7-13(24)10-12/h5-7,10-11,17,25H,3-4,8-9H2,1-2H3,(H2,19,20,21,22). The molecule has 0 aliphatic carbocycles. The summed E-state index contributed by atoms with van der Waals surface area (Å²) in [5.74, 6) is 1.31. The van der Waals surface area contributed by atoms with Crippen molar-refractivity contribution in [2.45, 2.75) is 19.2 Å². The molecule has 1 aliphatic rings. The van der Waals surface area contributed by atoms with Gasteiger partial charge in [0, 0.05) is 30.7 Å². The number of nitrogens with one attached hydrogen (secondary N) is 2. The molecule has 1 aromatic heterocycles. The molecule has 0 fully saturated rings. The SMILES string of the molecule is CN(C)C(O)N1CCCCNc2nc(ncc2Br)Nc2cccc1c2. The Kier molecular flexibility index (Phi) is 5.72. The third kappa shape index (κ3) is 4.39. The predicted octanol–water partition coefficient (Wildman–Crippen LogP) is 2.83. The van der Waals surface area contributed by atoms with Gasteiger partial charge in [0.2, 0.25) is 5.95 Å². The number of halogens is 1. The van der Waals surface area contributed by atoms with Gasteiger partial charge < -0.3 is 20.6 Å². The summed E-state index contributed by atoms with van der Waals surface area (Å²) in [6.07, 6.45) is 2.98. The van der Waals surface area contributed by atoms with Crippen molar-refractivity contribution >= 4 is 39.1 Å². The van der Waals surface area contributed by atoms with Crippen LogP contribution in [-0.2, 0) is 0 Å². The van der Waals surface area contributed by atoms with Crippen molar-refractivity contribution in [2.24, 2.45) is 0 Å². The molecule has 0 saturated heterocycles. The number of benzene rings is 1. The molecule has 2 aromatic rings. The first-order valence-electron chi connectivity index (χ1n) is 8.29. The molecular formula is C17H23BrN6O. The number of hydrogen-bond acceptors (Lipinski definition) is 7. The van der Waals surface area contributed by atoms with Crippen LogP contribution in [0, 0.1) is 0 Å². The zero-order valence-corrected chi connectivity index (χ0v) is 16.0. The molecule has 8 heteroatoms. The minimum atomic E-state index is -0.681. The highest BCUT2D eigenvalue weighted by Crippen LogP contribution is 2.26. The van der Waals surface area contributed by atoms with E-state index in [2.05, 4.69) is 36.5 Å². The Morgan fingerprint density at radius 1 is 1.32 bits per heavy atom. The van der Waals surface area contributed by atoms with Crippen molar-refractivity contribution in [2.75, 3.05) is 42.7 Å². The first-order valence-corrected chi connectivity index (χ1v) is 9.08. The lowest BCUT2D eigenvalue weighted by molar-refractivity contribution is 0.0372. The van der Waals surface area contributed by atoms with Crippen molar-refractivity contribution in [1.82, 2.24) is 14.9 Å². The van der Waals surface area contributed by atoms with Crippen LogP contribution in [0.5, 0.6) is 0 Å². The van der Waals surface area contributed by atoms with Gasteiger partial charge in [-0.2, -0.15) is 4.98 Å². The highest BCUT2D eigenvalue weighted by Gasteiger charge is 2.19. The number of aromatic nitrogens is 2. The molecule has 2 heterocycles. The fourth-order valence-corrected chi connectivity index (χ4v) is 3.04. The van der Waals surface area contributed by atoms with Gasteiger partial charge in [-0.05, 0) is 61.1 Å². The van der Waals surface area contributed by atoms with Crippen LogP contribution in [0.25, 0.3) is 0 Å². The zero-order chi connectivity index (χ0) is 17.8. The minimum absolute atomic E-state index is 0.529. The summed E-state index contributed by atoms with van der Waals surface area (Å²) >= 11 is 3.48.